The first-order chi connectivity index (χ1) is 8.10. The quantitative estimate of drug-likeness (QED) is 0.316. The largest absolute Gasteiger partial charge is 0.490 e. The molecular weight excluding hydrogens is 226 g/mol. The molecule has 0 fully saturated rings. The van der Waals surface area contributed by atoms with Crippen LogP contribution in [0.25, 0.3) is 0 Å². The predicted molar refractivity (Wildman–Crippen MR) is 62.6 cm³/mol. The predicted octanol–water partition coefficient (Wildman–Crippen LogP) is -1.07. The van der Waals surface area contributed by atoms with Gasteiger partial charge < -0.3 is 25.7 Å². The van der Waals surface area contributed by atoms with E-state index >= 15 is 0 Å². The number of anilines is 2. The fraction of sp³-hybridized carbons (Fsp3) is 0.556. The molecule has 0 aliphatic rings. The molecule has 1 aromatic rings. The summed E-state index contributed by atoms with van der Waals surface area (Å²) in [6.45, 7) is 1.12. The summed E-state index contributed by atoms with van der Waals surface area (Å²) >= 11 is 0. The van der Waals surface area contributed by atoms with Gasteiger partial charge in [-0.05, 0) is 6.92 Å². The van der Waals surface area contributed by atoms with E-state index in [1.54, 1.807) is 6.92 Å². The van der Waals surface area contributed by atoms with Crippen LogP contribution in [0.1, 0.15) is 6.92 Å². The Kier molecular flexibility index (Phi) is 4.44. The molecule has 1 rings (SSSR count). The molecule has 8 nitrogen and oxygen atoms in total. The smallest absolute Gasteiger partial charge is 0.205 e. The molecular formula is C9H17N5O3. The molecule has 0 saturated heterocycles. The van der Waals surface area contributed by atoms with Gasteiger partial charge in [0.15, 0.2) is 11.6 Å². The van der Waals surface area contributed by atoms with Crippen LogP contribution in [0.2, 0.25) is 0 Å². The summed E-state index contributed by atoms with van der Waals surface area (Å²) in [6, 6.07) is 0. The fourth-order valence-electron chi connectivity index (χ4n) is 1.17. The Labute approximate surface area is 98.8 Å². The van der Waals surface area contributed by atoms with Crippen molar-refractivity contribution in [2.45, 2.75) is 12.5 Å². The summed E-state index contributed by atoms with van der Waals surface area (Å²) in [5.74, 6) is 6.23. The Bertz CT molecular complexity index is 370. The molecule has 0 aliphatic heterocycles. The Morgan fingerprint density at radius 2 is 1.94 bits per heavy atom. The standard InChI is InChI=1S/C9H17N5O3/c1-9(3-15,4-16)13-7-6(17-2)8(14-10)12-5-11-7/h5,15-16H,3-4,10H2,1-2H3,(H2,11,12,13,14). The van der Waals surface area contributed by atoms with E-state index in [0.717, 1.165) is 0 Å². The molecule has 1 heterocycles. The third-order valence-corrected chi connectivity index (χ3v) is 2.26. The van der Waals surface area contributed by atoms with E-state index in [1.165, 1.54) is 13.4 Å². The molecule has 0 radical (unpaired) electrons. The van der Waals surface area contributed by atoms with E-state index in [1.807, 2.05) is 0 Å². The van der Waals surface area contributed by atoms with Crippen molar-refractivity contribution in [3.63, 3.8) is 0 Å². The zero-order valence-electron chi connectivity index (χ0n) is 9.77. The maximum absolute atomic E-state index is 9.19. The molecule has 0 amide bonds. The summed E-state index contributed by atoms with van der Waals surface area (Å²) < 4.78 is 5.11. The van der Waals surface area contributed by atoms with Gasteiger partial charge in [-0.3, -0.25) is 0 Å². The molecule has 17 heavy (non-hydrogen) atoms. The second-order valence-corrected chi connectivity index (χ2v) is 3.75. The molecule has 0 unspecified atom stereocenters. The summed E-state index contributed by atoms with van der Waals surface area (Å²) in [4.78, 5) is 7.85. The Balaban J connectivity index is 3.05. The minimum atomic E-state index is -0.909. The van der Waals surface area contributed by atoms with Gasteiger partial charge in [0.2, 0.25) is 5.75 Å². The number of aliphatic hydroxyl groups excluding tert-OH is 2. The van der Waals surface area contributed by atoms with E-state index in [9.17, 15) is 10.2 Å². The van der Waals surface area contributed by atoms with Crippen LogP contribution in [0.3, 0.4) is 0 Å². The van der Waals surface area contributed by atoms with Gasteiger partial charge in [0, 0.05) is 0 Å². The van der Waals surface area contributed by atoms with E-state index < -0.39 is 5.54 Å². The highest BCUT2D eigenvalue weighted by Crippen LogP contribution is 2.29. The minimum Gasteiger partial charge on any atom is -0.490 e. The summed E-state index contributed by atoms with van der Waals surface area (Å²) in [5, 5.41) is 21.3. The minimum absolute atomic E-state index is 0.262. The Morgan fingerprint density at radius 3 is 2.41 bits per heavy atom. The number of hydrogen-bond donors (Lipinski definition) is 5. The number of aliphatic hydroxyl groups is 2. The highest BCUT2D eigenvalue weighted by atomic mass is 16.5. The average molecular weight is 243 g/mol. The van der Waals surface area contributed by atoms with Crippen LogP contribution < -0.4 is 21.3 Å². The second-order valence-electron chi connectivity index (χ2n) is 3.75. The first kappa shape index (κ1) is 13.4. The van der Waals surface area contributed by atoms with Crippen molar-refractivity contribution in [3.8, 4) is 5.75 Å². The zero-order chi connectivity index (χ0) is 12.9. The van der Waals surface area contributed by atoms with Crippen molar-refractivity contribution >= 4 is 11.6 Å². The SMILES string of the molecule is COc1c(NN)ncnc1NC(C)(CO)CO. The van der Waals surface area contributed by atoms with Gasteiger partial charge in [-0.25, -0.2) is 15.8 Å². The van der Waals surface area contributed by atoms with Crippen molar-refractivity contribution in [1.29, 1.82) is 0 Å². The molecule has 0 bridgehead atoms. The fourth-order valence-corrected chi connectivity index (χ4v) is 1.17. The average Bonchev–Trinajstić information content (AvgIpc) is 2.38. The lowest BCUT2D eigenvalue weighted by molar-refractivity contribution is 0.147. The molecule has 0 atom stereocenters. The van der Waals surface area contributed by atoms with Gasteiger partial charge in [-0.1, -0.05) is 0 Å². The topological polar surface area (TPSA) is 126 Å². The van der Waals surface area contributed by atoms with Gasteiger partial charge in [0.05, 0.1) is 25.9 Å². The maximum Gasteiger partial charge on any atom is 0.205 e. The molecule has 0 aromatic carbocycles. The van der Waals surface area contributed by atoms with Crippen LogP contribution in [-0.2, 0) is 0 Å². The molecule has 96 valence electrons. The van der Waals surface area contributed by atoms with Crippen LogP contribution in [-0.4, -0.2) is 46.0 Å². The van der Waals surface area contributed by atoms with Gasteiger partial charge in [-0.2, -0.15) is 0 Å². The second kappa shape index (κ2) is 5.62. The number of aromatic nitrogens is 2. The summed E-state index contributed by atoms with van der Waals surface area (Å²) in [7, 11) is 1.44. The van der Waals surface area contributed by atoms with Crippen LogP contribution in [0.4, 0.5) is 11.6 Å². The van der Waals surface area contributed by atoms with E-state index in [-0.39, 0.29) is 13.2 Å². The molecule has 8 heteroatoms. The Morgan fingerprint density at radius 1 is 1.35 bits per heavy atom. The van der Waals surface area contributed by atoms with Crippen molar-refractivity contribution in [1.82, 2.24) is 9.97 Å². The first-order valence-electron chi connectivity index (χ1n) is 4.95. The number of nitrogens with one attached hydrogen (secondary N) is 2. The number of hydrogen-bond acceptors (Lipinski definition) is 8. The lowest BCUT2D eigenvalue weighted by atomic mass is 10.1. The van der Waals surface area contributed by atoms with Crippen LogP contribution >= 0.6 is 0 Å². The van der Waals surface area contributed by atoms with Gasteiger partial charge >= 0.3 is 0 Å². The monoisotopic (exact) mass is 243 g/mol. The lowest BCUT2D eigenvalue weighted by Crippen LogP contribution is -2.43. The van der Waals surface area contributed by atoms with Crippen LogP contribution in [0.15, 0.2) is 6.33 Å². The maximum atomic E-state index is 9.19. The lowest BCUT2D eigenvalue weighted by Gasteiger charge is -2.27. The normalized spacial score (nSPS) is 11.1. The zero-order valence-corrected chi connectivity index (χ0v) is 9.77. The molecule has 1 aromatic heterocycles. The number of ether oxygens (including phenoxy) is 1. The van der Waals surface area contributed by atoms with Crippen molar-refractivity contribution < 1.29 is 14.9 Å². The van der Waals surface area contributed by atoms with Crippen LogP contribution in [0, 0.1) is 0 Å². The third-order valence-electron chi connectivity index (χ3n) is 2.26. The van der Waals surface area contributed by atoms with Crippen LogP contribution in [0.5, 0.6) is 5.75 Å². The molecule has 6 N–H and O–H groups in total. The number of nitrogen functional groups attached to an aromatic ring is 1. The number of hydrazine groups is 1. The van der Waals surface area contributed by atoms with Gasteiger partial charge in [0.25, 0.3) is 0 Å². The van der Waals surface area contributed by atoms with Crippen molar-refractivity contribution in [2.24, 2.45) is 5.84 Å². The van der Waals surface area contributed by atoms with Crippen molar-refractivity contribution in [3.05, 3.63) is 6.33 Å². The summed E-state index contributed by atoms with van der Waals surface area (Å²) in [5.41, 5.74) is 1.46. The summed E-state index contributed by atoms with van der Waals surface area (Å²) in [6.07, 6.45) is 1.29. The third kappa shape index (κ3) is 2.93. The number of rotatable bonds is 6. The van der Waals surface area contributed by atoms with Gasteiger partial charge in [-0.15, -0.1) is 0 Å². The van der Waals surface area contributed by atoms with Gasteiger partial charge in [0.1, 0.15) is 6.33 Å². The number of nitrogens with two attached hydrogens (primary N) is 1. The number of methoxy groups -OCH3 is 1. The first-order valence-corrected chi connectivity index (χ1v) is 4.95. The highest BCUT2D eigenvalue weighted by Gasteiger charge is 2.25. The highest BCUT2D eigenvalue weighted by molar-refractivity contribution is 5.63. The van der Waals surface area contributed by atoms with Crippen molar-refractivity contribution in [2.75, 3.05) is 31.1 Å². The van der Waals surface area contributed by atoms with E-state index in [0.29, 0.717) is 17.4 Å². The Hall–Kier alpha value is -1.64. The molecule has 0 aliphatic carbocycles. The van der Waals surface area contributed by atoms with E-state index in [2.05, 4.69) is 20.7 Å². The number of nitrogens with zero attached hydrogens (tertiary/aromatic N) is 2. The molecule has 0 saturated carbocycles. The van der Waals surface area contributed by atoms with E-state index in [4.69, 9.17) is 10.6 Å². The molecule has 0 spiro atoms.